The second-order valence-corrected chi connectivity index (χ2v) is 10.8. The molecule has 3 rings (SSSR count). The summed E-state index contributed by atoms with van der Waals surface area (Å²) in [4.78, 5) is 12.2. The predicted octanol–water partition coefficient (Wildman–Crippen LogP) is 4.31. The summed E-state index contributed by atoms with van der Waals surface area (Å²) >= 11 is 14.3. The Hall–Kier alpha value is -1.69. The van der Waals surface area contributed by atoms with Crippen molar-refractivity contribution in [2.24, 2.45) is 0 Å². The molecule has 0 aliphatic rings. The smallest absolute Gasteiger partial charge is 0.269 e. The van der Waals surface area contributed by atoms with Crippen molar-refractivity contribution in [1.29, 1.82) is 0 Å². The van der Waals surface area contributed by atoms with E-state index >= 15 is 0 Å². The van der Waals surface area contributed by atoms with Crippen LogP contribution in [0.1, 0.15) is 15.9 Å². The van der Waals surface area contributed by atoms with E-state index in [1.54, 1.807) is 42.1 Å². The Morgan fingerprint density at radius 1 is 1.10 bits per heavy atom. The molecule has 0 atom stereocenters. The fourth-order valence-corrected chi connectivity index (χ4v) is 5.64. The first-order chi connectivity index (χ1) is 14.3. The Balaban J connectivity index is 1.50. The van der Waals surface area contributed by atoms with Gasteiger partial charge in [-0.2, -0.15) is 11.8 Å². The number of hydrogen-bond donors (Lipinski definition) is 2. The van der Waals surface area contributed by atoms with E-state index < -0.39 is 15.9 Å². The molecular weight excluding hydrogens is 487 g/mol. The molecule has 0 aliphatic carbocycles. The first-order valence-corrected chi connectivity index (χ1v) is 12.8. The predicted molar refractivity (Wildman–Crippen MR) is 122 cm³/mol. The van der Waals surface area contributed by atoms with E-state index in [1.807, 2.05) is 18.2 Å². The van der Waals surface area contributed by atoms with E-state index in [0.29, 0.717) is 10.8 Å². The van der Waals surface area contributed by atoms with Crippen LogP contribution in [0.15, 0.2) is 52.9 Å². The molecule has 2 N–H and O–H groups in total. The Morgan fingerprint density at radius 2 is 1.90 bits per heavy atom. The van der Waals surface area contributed by atoms with Gasteiger partial charge < -0.3 is 0 Å². The minimum absolute atomic E-state index is 0.0654. The highest BCUT2D eigenvalue weighted by molar-refractivity contribution is 7.98. The molecular formula is C18H16Cl2N4O3S3. The van der Waals surface area contributed by atoms with Gasteiger partial charge in [0.15, 0.2) is 0 Å². The Kier molecular flexibility index (Phi) is 8.09. The lowest BCUT2D eigenvalue weighted by Crippen LogP contribution is -2.26. The average molecular weight is 503 g/mol. The van der Waals surface area contributed by atoms with Crippen LogP contribution in [0.5, 0.6) is 0 Å². The van der Waals surface area contributed by atoms with Gasteiger partial charge in [0.1, 0.15) is 0 Å². The number of anilines is 1. The third kappa shape index (κ3) is 6.40. The molecule has 0 aliphatic heterocycles. The fraction of sp³-hybridized carbons (Fsp3) is 0.167. The van der Waals surface area contributed by atoms with E-state index in [0.717, 1.165) is 22.7 Å². The second-order valence-electron chi connectivity index (χ2n) is 5.89. The van der Waals surface area contributed by atoms with Gasteiger partial charge in [0.2, 0.25) is 9.47 Å². The standard InChI is InChI=1S/C18H16Cl2N4O3S3/c19-13-5-3-4-12(10-13)11-28-9-8-21-30(26,27)18-24-23-17(29-18)22-16(25)14-6-1-2-7-15(14)20/h1-7,10,21H,8-9,11H2,(H,22,23,25). The van der Waals surface area contributed by atoms with E-state index in [9.17, 15) is 13.2 Å². The number of carbonyl (C=O) groups excluding carboxylic acids is 1. The first kappa shape index (κ1) is 23.0. The third-order valence-corrected chi connectivity index (χ3v) is 7.93. The molecule has 0 spiro atoms. The number of nitrogens with one attached hydrogen (secondary N) is 2. The molecule has 0 saturated heterocycles. The molecule has 1 amide bonds. The van der Waals surface area contributed by atoms with Crippen LogP contribution in [0.4, 0.5) is 5.13 Å². The molecule has 1 aromatic heterocycles. The van der Waals surface area contributed by atoms with Crippen LogP contribution in [0.25, 0.3) is 0 Å². The highest BCUT2D eigenvalue weighted by Gasteiger charge is 2.21. The van der Waals surface area contributed by atoms with Crippen molar-refractivity contribution in [3.63, 3.8) is 0 Å². The van der Waals surface area contributed by atoms with Crippen molar-refractivity contribution in [1.82, 2.24) is 14.9 Å². The molecule has 3 aromatic rings. The quantitative estimate of drug-likeness (QED) is 0.334. The largest absolute Gasteiger partial charge is 0.296 e. The maximum atomic E-state index is 12.4. The number of rotatable bonds is 9. The van der Waals surface area contributed by atoms with Crippen LogP contribution in [-0.2, 0) is 15.8 Å². The van der Waals surface area contributed by atoms with Crippen molar-refractivity contribution in [3.05, 3.63) is 69.7 Å². The molecule has 158 valence electrons. The fourth-order valence-electron chi connectivity index (χ4n) is 2.31. The van der Waals surface area contributed by atoms with Crippen molar-refractivity contribution >= 4 is 67.4 Å². The molecule has 1 heterocycles. The Morgan fingerprint density at radius 3 is 2.67 bits per heavy atom. The van der Waals surface area contributed by atoms with Gasteiger partial charge in [0, 0.05) is 23.1 Å². The summed E-state index contributed by atoms with van der Waals surface area (Å²) in [6.45, 7) is 0.231. The number of halogens is 2. The summed E-state index contributed by atoms with van der Waals surface area (Å²) in [6, 6.07) is 14.0. The molecule has 0 unspecified atom stereocenters. The second kappa shape index (κ2) is 10.6. The van der Waals surface area contributed by atoms with Gasteiger partial charge >= 0.3 is 0 Å². The molecule has 0 saturated carbocycles. The van der Waals surface area contributed by atoms with Crippen LogP contribution >= 0.6 is 46.3 Å². The van der Waals surface area contributed by atoms with Gasteiger partial charge in [0.25, 0.3) is 15.9 Å². The lowest BCUT2D eigenvalue weighted by Gasteiger charge is -2.04. The van der Waals surface area contributed by atoms with Crippen LogP contribution in [0.2, 0.25) is 10.0 Å². The van der Waals surface area contributed by atoms with Gasteiger partial charge in [-0.3, -0.25) is 10.1 Å². The summed E-state index contributed by atoms with van der Waals surface area (Å²) < 4.78 is 27.0. The number of sulfonamides is 1. The van der Waals surface area contributed by atoms with Crippen molar-refractivity contribution in [2.75, 3.05) is 17.6 Å². The molecule has 0 fully saturated rings. The summed E-state index contributed by atoms with van der Waals surface area (Å²) in [5.41, 5.74) is 1.33. The lowest BCUT2D eigenvalue weighted by molar-refractivity contribution is 0.102. The zero-order valence-corrected chi connectivity index (χ0v) is 19.3. The number of benzene rings is 2. The minimum atomic E-state index is -3.82. The van der Waals surface area contributed by atoms with Gasteiger partial charge in [-0.15, -0.1) is 10.2 Å². The molecule has 7 nitrogen and oxygen atoms in total. The number of amides is 1. The van der Waals surface area contributed by atoms with Crippen LogP contribution in [-0.4, -0.2) is 36.8 Å². The normalized spacial score (nSPS) is 11.4. The number of thioether (sulfide) groups is 1. The van der Waals surface area contributed by atoms with Crippen molar-refractivity contribution in [3.8, 4) is 0 Å². The van der Waals surface area contributed by atoms with E-state index in [-0.39, 0.29) is 26.6 Å². The van der Waals surface area contributed by atoms with Crippen LogP contribution in [0.3, 0.4) is 0 Å². The summed E-state index contributed by atoms with van der Waals surface area (Å²) in [6.07, 6.45) is 0. The Labute approximate surface area is 192 Å². The zero-order chi connectivity index (χ0) is 21.6. The zero-order valence-electron chi connectivity index (χ0n) is 15.3. The van der Waals surface area contributed by atoms with Crippen molar-refractivity contribution in [2.45, 2.75) is 10.1 Å². The molecule has 2 aromatic carbocycles. The maximum Gasteiger partial charge on any atom is 0.269 e. The number of nitrogens with zero attached hydrogens (tertiary/aromatic N) is 2. The third-order valence-electron chi connectivity index (χ3n) is 3.67. The van der Waals surface area contributed by atoms with E-state index in [4.69, 9.17) is 23.2 Å². The minimum Gasteiger partial charge on any atom is -0.296 e. The van der Waals surface area contributed by atoms with Crippen molar-refractivity contribution < 1.29 is 13.2 Å². The lowest BCUT2D eigenvalue weighted by atomic mass is 10.2. The highest BCUT2D eigenvalue weighted by atomic mass is 35.5. The van der Waals surface area contributed by atoms with Gasteiger partial charge in [0.05, 0.1) is 10.6 Å². The number of hydrogen-bond acceptors (Lipinski definition) is 7. The highest BCUT2D eigenvalue weighted by Crippen LogP contribution is 2.22. The summed E-state index contributed by atoms with van der Waals surface area (Å²) in [5.74, 6) is 0.797. The SMILES string of the molecule is O=C(Nc1nnc(S(=O)(=O)NCCSCc2cccc(Cl)c2)s1)c1ccccc1Cl. The molecule has 30 heavy (non-hydrogen) atoms. The molecule has 12 heteroatoms. The first-order valence-electron chi connectivity index (χ1n) is 8.56. The van der Waals surface area contributed by atoms with Gasteiger partial charge in [-0.1, -0.05) is 58.8 Å². The summed E-state index contributed by atoms with van der Waals surface area (Å²) in [7, 11) is -3.82. The van der Waals surface area contributed by atoms with Gasteiger partial charge in [-0.05, 0) is 29.8 Å². The van der Waals surface area contributed by atoms with Gasteiger partial charge in [-0.25, -0.2) is 13.1 Å². The topological polar surface area (TPSA) is 101 Å². The Bertz CT molecular complexity index is 1140. The average Bonchev–Trinajstić information content (AvgIpc) is 3.17. The monoisotopic (exact) mass is 502 g/mol. The maximum absolute atomic E-state index is 12.4. The molecule has 0 bridgehead atoms. The van der Waals surface area contributed by atoms with E-state index in [2.05, 4.69) is 20.2 Å². The van der Waals surface area contributed by atoms with E-state index in [1.165, 1.54) is 0 Å². The summed E-state index contributed by atoms with van der Waals surface area (Å²) in [5, 5.41) is 10.9. The number of carbonyl (C=O) groups is 1. The van der Waals surface area contributed by atoms with Crippen LogP contribution in [0, 0.1) is 0 Å². The molecule has 0 radical (unpaired) electrons. The number of aromatic nitrogens is 2. The van der Waals surface area contributed by atoms with Crippen LogP contribution < -0.4 is 10.0 Å².